The van der Waals surface area contributed by atoms with Crippen LogP contribution >= 0.6 is 23.2 Å². The zero-order valence-corrected chi connectivity index (χ0v) is 21.3. The van der Waals surface area contributed by atoms with Crippen LogP contribution in [0.4, 0.5) is 29.0 Å². The molecule has 39 heavy (non-hydrogen) atoms. The highest BCUT2D eigenvalue weighted by Gasteiger charge is 2.39. The van der Waals surface area contributed by atoms with E-state index in [0.717, 1.165) is 4.90 Å². The van der Waals surface area contributed by atoms with E-state index >= 15 is 0 Å². The molecule has 0 bridgehead atoms. The molecule has 1 aliphatic rings. The predicted octanol–water partition coefficient (Wildman–Crippen LogP) is 4.06. The minimum absolute atomic E-state index is 0.0319. The zero-order valence-electron chi connectivity index (χ0n) is 19.8. The van der Waals surface area contributed by atoms with Gasteiger partial charge < -0.3 is 16.4 Å². The number of hydrogen-bond acceptors (Lipinski definition) is 11. The van der Waals surface area contributed by atoms with Crippen molar-refractivity contribution in [3.63, 3.8) is 0 Å². The van der Waals surface area contributed by atoms with Crippen molar-refractivity contribution >= 4 is 64.0 Å². The quantitative estimate of drug-likeness (QED) is 0.121. The minimum Gasteiger partial charge on any atom is -0.378 e. The number of halogens is 2. The number of aromatic nitrogens is 4. The summed E-state index contributed by atoms with van der Waals surface area (Å²) in [5, 5.41) is 17.6. The second-order valence-corrected chi connectivity index (χ2v) is 8.95. The van der Waals surface area contributed by atoms with Crippen LogP contribution in [0, 0.1) is 10.1 Å². The number of amides is 2. The predicted molar refractivity (Wildman–Crippen MR) is 145 cm³/mol. The van der Waals surface area contributed by atoms with E-state index in [0.29, 0.717) is 29.5 Å². The largest absolute Gasteiger partial charge is 0.378 e. The first kappa shape index (κ1) is 25.8. The second-order valence-electron chi connectivity index (χ2n) is 8.11. The molecule has 0 unspecified atom stereocenters. The van der Waals surface area contributed by atoms with Gasteiger partial charge in [0.25, 0.3) is 11.8 Å². The number of benzene rings is 1. The van der Waals surface area contributed by atoms with E-state index in [-0.39, 0.29) is 45.1 Å². The molecule has 0 radical (unpaired) electrons. The van der Waals surface area contributed by atoms with Crippen LogP contribution in [0.15, 0.2) is 54.9 Å². The fourth-order valence-electron chi connectivity index (χ4n) is 3.87. The molecule has 5 rings (SSSR count). The van der Waals surface area contributed by atoms with E-state index in [1.54, 1.807) is 18.2 Å². The van der Waals surface area contributed by atoms with Crippen LogP contribution in [0.1, 0.15) is 20.8 Å². The Morgan fingerprint density at radius 2 is 1.74 bits per heavy atom. The molecule has 0 fully saturated rings. The second kappa shape index (κ2) is 10.5. The molecule has 4 heterocycles. The molecule has 3 aromatic heterocycles. The molecular weight excluding hydrogens is 549 g/mol. The van der Waals surface area contributed by atoms with Gasteiger partial charge in [-0.05, 0) is 36.4 Å². The summed E-state index contributed by atoms with van der Waals surface area (Å²) >= 11 is 12.5. The fraction of sp³-hybridized carbons (Fsp3) is 0.0833. The van der Waals surface area contributed by atoms with Crippen molar-refractivity contribution in [1.82, 2.24) is 19.9 Å². The SMILES string of the molecule is Nc1nc(NCCNc2ncc(N3C(=O)c4cccnc4C3=O)c(-c3ccc(Cl)cc3Cl)n2)ccc1[N+](=O)[O-]. The maximum absolute atomic E-state index is 13.1. The van der Waals surface area contributed by atoms with Crippen molar-refractivity contribution in [2.45, 2.75) is 0 Å². The molecule has 196 valence electrons. The molecule has 2 amide bonds. The average Bonchev–Trinajstić information content (AvgIpc) is 3.16. The number of carbonyl (C=O) groups is 2. The fourth-order valence-corrected chi connectivity index (χ4v) is 4.37. The first-order valence-corrected chi connectivity index (χ1v) is 12.0. The third kappa shape index (κ3) is 5.00. The molecule has 4 aromatic rings. The van der Waals surface area contributed by atoms with Gasteiger partial charge in [0.2, 0.25) is 11.8 Å². The molecule has 0 saturated heterocycles. The van der Waals surface area contributed by atoms with Crippen molar-refractivity contribution in [1.29, 1.82) is 0 Å². The summed E-state index contributed by atoms with van der Waals surface area (Å²) in [6, 6.07) is 10.6. The monoisotopic (exact) mass is 565 g/mol. The highest BCUT2D eigenvalue weighted by Crippen LogP contribution is 2.38. The van der Waals surface area contributed by atoms with E-state index in [1.165, 1.54) is 36.7 Å². The van der Waals surface area contributed by atoms with Gasteiger partial charge in [-0.15, -0.1) is 0 Å². The van der Waals surface area contributed by atoms with Gasteiger partial charge in [-0.1, -0.05) is 23.2 Å². The van der Waals surface area contributed by atoms with Crippen molar-refractivity contribution < 1.29 is 14.5 Å². The smallest absolute Gasteiger partial charge is 0.311 e. The minimum atomic E-state index is -0.613. The Kier molecular flexibility index (Phi) is 6.92. The summed E-state index contributed by atoms with van der Waals surface area (Å²) in [5.41, 5.74) is 6.32. The molecule has 0 saturated carbocycles. The van der Waals surface area contributed by atoms with Gasteiger partial charge in [0, 0.05) is 35.9 Å². The number of nitro groups is 1. The summed E-state index contributed by atoms with van der Waals surface area (Å²) in [4.78, 5) is 54.3. The van der Waals surface area contributed by atoms with E-state index < -0.39 is 16.7 Å². The molecule has 4 N–H and O–H groups in total. The van der Waals surface area contributed by atoms with Crippen molar-refractivity contribution in [2.24, 2.45) is 0 Å². The Labute approximate surface area is 230 Å². The molecule has 0 atom stereocenters. The van der Waals surface area contributed by atoms with Crippen LogP contribution < -0.4 is 21.3 Å². The molecule has 0 spiro atoms. The van der Waals surface area contributed by atoms with Gasteiger partial charge in [-0.25, -0.2) is 19.9 Å². The van der Waals surface area contributed by atoms with Crippen LogP contribution in [0.2, 0.25) is 10.0 Å². The van der Waals surface area contributed by atoms with Crippen LogP contribution in [0.25, 0.3) is 11.3 Å². The Morgan fingerprint density at radius 3 is 2.46 bits per heavy atom. The van der Waals surface area contributed by atoms with Crippen molar-refractivity contribution in [2.75, 3.05) is 34.4 Å². The van der Waals surface area contributed by atoms with Crippen LogP contribution in [0.5, 0.6) is 0 Å². The normalized spacial score (nSPS) is 12.4. The number of nitrogens with zero attached hydrogens (tertiary/aromatic N) is 6. The Bertz CT molecular complexity index is 1620. The van der Waals surface area contributed by atoms with E-state index in [1.807, 2.05) is 0 Å². The lowest BCUT2D eigenvalue weighted by Gasteiger charge is -2.18. The van der Waals surface area contributed by atoms with Crippen LogP contribution in [-0.4, -0.2) is 49.8 Å². The third-order valence-electron chi connectivity index (χ3n) is 5.66. The molecule has 1 aliphatic heterocycles. The van der Waals surface area contributed by atoms with E-state index in [4.69, 9.17) is 28.9 Å². The van der Waals surface area contributed by atoms with Gasteiger partial charge in [-0.3, -0.25) is 24.7 Å². The number of carbonyl (C=O) groups excluding carboxylic acids is 2. The number of rotatable bonds is 8. The van der Waals surface area contributed by atoms with E-state index in [2.05, 4.69) is 30.6 Å². The maximum atomic E-state index is 13.1. The van der Waals surface area contributed by atoms with Crippen LogP contribution in [-0.2, 0) is 0 Å². The lowest BCUT2D eigenvalue weighted by atomic mass is 10.1. The number of anilines is 4. The summed E-state index contributed by atoms with van der Waals surface area (Å²) in [6.45, 7) is 0.638. The molecular formula is C24H17Cl2N9O4. The average molecular weight is 566 g/mol. The summed E-state index contributed by atoms with van der Waals surface area (Å²) < 4.78 is 0. The number of nitrogen functional groups attached to an aromatic ring is 1. The number of pyridine rings is 2. The summed E-state index contributed by atoms with van der Waals surface area (Å²) in [7, 11) is 0. The Morgan fingerprint density at radius 1 is 0.949 bits per heavy atom. The van der Waals surface area contributed by atoms with Gasteiger partial charge in [0.1, 0.15) is 17.2 Å². The maximum Gasteiger partial charge on any atom is 0.311 e. The van der Waals surface area contributed by atoms with Gasteiger partial charge in [0.15, 0.2) is 0 Å². The zero-order chi connectivity index (χ0) is 27.7. The first-order chi connectivity index (χ1) is 18.7. The molecule has 1 aromatic carbocycles. The Balaban J connectivity index is 1.40. The number of imide groups is 1. The number of fused-ring (bicyclic) bond motifs is 1. The standard InChI is InChI=1S/C24H17Cl2N9O4/c25-12-3-4-13(15(26)10-12)19-17(34-22(36)14-2-1-7-29-20(14)23(34)37)11-31-24(33-19)30-9-8-28-18-6-5-16(35(38)39)21(27)32-18/h1-7,10-11H,8-9H2,(H3,27,28,32)(H,30,31,33). The van der Waals surface area contributed by atoms with E-state index in [9.17, 15) is 19.7 Å². The topological polar surface area (TPSA) is 182 Å². The highest BCUT2D eigenvalue weighted by molar-refractivity contribution is 6.37. The Hall–Kier alpha value is -4.88. The van der Waals surface area contributed by atoms with Crippen molar-refractivity contribution in [3.8, 4) is 11.3 Å². The number of nitrogens with two attached hydrogens (primary N) is 1. The van der Waals surface area contributed by atoms with Gasteiger partial charge >= 0.3 is 5.69 Å². The summed E-state index contributed by atoms with van der Waals surface area (Å²) in [5.74, 6) is -0.829. The van der Waals surface area contributed by atoms with Gasteiger partial charge in [-0.2, -0.15) is 0 Å². The lowest BCUT2D eigenvalue weighted by molar-refractivity contribution is -0.384. The van der Waals surface area contributed by atoms with Crippen LogP contribution in [0.3, 0.4) is 0 Å². The first-order valence-electron chi connectivity index (χ1n) is 11.3. The lowest BCUT2D eigenvalue weighted by Crippen LogP contribution is -2.30. The molecule has 13 nitrogen and oxygen atoms in total. The molecule has 15 heteroatoms. The number of nitrogens with one attached hydrogen (secondary N) is 2. The van der Waals surface area contributed by atoms with Gasteiger partial charge in [0.05, 0.1) is 27.4 Å². The molecule has 0 aliphatic carbocycles. The number of hydrogen-bond donors (Lipinski definition) is 3. The highest BCUT2D eigenvalue weighted by atomic mass is 35.5. The van der Waals surface area contributed by atoms with Crippen molar-refractivity contribution in [3.05, 3.63) is 86.3 Å². The third-order valence-corrected chi connectivity index (χ3v) is 6.20. The summed E-state index contributed by atoms with van der Waals surface area (Å²) in [6.07, 6.45) is 2.78.